The highest BCUT2D eigenvalue weighted by molar-refractivity contribution is 7.10. The van der Waals surface area contributed by atoms with Gasteiger partial charge in [-0.1, -0.05) is 42.8 Å². The molecule has 0 radical (unpaired) electrons. The van der Waals surface area contributed by atoms with Crippen LogP contribution in [0.1, 0.15) is 41.4 Å². The van der Waals surface area contributed by atoms with Crippen molar-refractivity contribution in [3.63, 3.8) is 0 Å². The minimum Gasteiger partial charge on any atom is -0.241 e. The molecule has 1 aromatic carbocycles. The van der Waals surface area contributed by atoms with Gasteiger partial charge in [-0.25, -0.2) is 4.98 Å². The molecule has 86 valence electrons. The van der Waals surface area contributed by atoms with Gasteiger partial charge in [-0.05, 0) is 24.5 Å². The number of hydrogen-bond donors (Lipinski definition) is 0. The Balaban J connectivity index is 1.72. The standard InChI is InChI=1S/C15H15NS/c1-2-5-12(6-3-1)9-10-15-16-14(11-17-15)13-7-4-8-13/h1-3,5-6,9-11,13H,4,7-8H2/b10-9+. The molecule has 0 aliphatic heterocycles. The first-order chi connectivity index (χ1) is 8.42. The van der Waals surface area contributed by atoms with E-state index in [-0.39, 0.29) is 0 Å². The second kappa shape index (κ2) is 4.84. The van der Waals surface area contributed by atoms with Crippen molar-refractivity contribution in [1.29, 1.82) is 0 Å². The lowest BCUT2D eigenvalue weighted by atomic mass is 9.83. The zero-order chi connectivity index (χ0) is 11.5. The van der Waals surface area contributed by atoms with E-state index in [1.807, 2.05) is 6.07 Å². The summed E-state index contributed by atoms with van der Waals surface area (Å²) in [6, 6.07) is 10.4. The summed E-state index contributed by atoms with van der Waals surface area (Å²) < 4.78 is 0. The summed E-state index contributed by atoms with van der Waals surface area (Å²) in [5.41, 5.74) is 2.53. The topological polar surface area (TPSA) is 12.9 Å². The van der Waals surface area contributed by atoms with E-state index in [2.05, 4.69) is 46.8 Å². The lowest BCUT2D eigenvalue weighted by Gasteiger charge is -2.22. The van der Waals surface area contributed by atoms with Gasteiger partial charge in [-0.3, -0.25) is 0 Å². The third-order valence-corrected chi connectivity index (χ3v) is 4.11. The van der Waals surface area contributed by atoms with Crippen LogP contribution in [0.3, 0.4) is 0 Å². The van der Waals surface area contributed by atoms with Crippen molar-refractivity contribution in [3.8, 4) is 0 Å². The van der Waals surface area contributed by atoms with Gasteiger partial charge in [0.05, 0.1) is 5.69 Å². The molecule has 0 amide bonds. The second-order valence-electron chi connectivity index (χ2n) is 4.48. The van der Waals surface area contributed by atoms with Gasteiger partial charge < -0.3 is 0 Å². The molecule has 2 heteroatoms. The van der Waals surface area contributed by atoms with Gasteiger partial charge in [0.1, 0.15) is 5.01 Å². The van der Waals surface area contributed by atoms with E-state index in [4.69, 9.17) is 0 Å². The maximum absolute atomic E-state index is 4.68. The molecular formula is C15H15NS. The summed E-state index contributed by atoms with van der Waals surface area (Å²) in [5.74, 6) is 0.741. The highest BCUT2D eigenvalue weighted by atomic mass is 32.1. The minimum absolute atomic E-state index is 0.741. The van der Waals surface area contributed by atoms with Crippen LogP contribution in [0.2, 0.25) is 0 Å². The Morgan fingerprint density at radius 2 is 1.94 bits per heavy atom. The monoisotopic (exact) mass is 241 g/mol. The number of rotatable bonds is 3. The van der Waals surface area contributed by atoms with Crippen molar-refractivity contribution in [2.24, 2.45) is 0 Å². The van der Waals surface area contributed by atoms with E-state index >= 15 is 0 Å². The molecular weight excluding hydrogens is 226 g/mol. The summed E-state index contributed by atoms with van der Waals surface area (Å²) in [7, 11) is 0. The van der Waals surface area contributed by atoms with Crippen LogP contribution in [0.5, 0.6) is 0 Å². The highest BCUT2D eigenvalue weighted by Gasteiger charge is 2.21. The van der Waals surface area contributed by atoms with Gasteiger partial charge in [0, 0.05) is 11.3 Å². The van der Waals surface area contributed by atoms with Crippen LogP contribution >= 0.6 is 11.3 Å². The molecule has 1 aliphatic carbocycles. The van der Waals surface area contributed by atoms with Crippen molar-refractivity contribution in [3.05, 3.63) is 52.0 Å². The maximum Gasteiger partial charge on any atom is 0.116 e. The maximum atomic E-state index is 4.68. The third kappa shape index (κ3) is 2.47. The van der Waals surface area contributed by atoms with Crippen molar-refractivity contribution in [1.82, 2.24) is 4.98 Å². The smallest absolute Gasteiger partial charge is 0.116 e. The number of thiazole rings is 1. The second-order valence-corrected chi connectivity index (χ2v) is 5.37. The van der Waals surface area contributed by atoms with E-state index in [1.54, 1.807) is 11.3 Å². The first kappa shape index (κ1) is 10.7. The molecule has 1 aromatic heterocycles. The van der Waals surface area contributed by atoms with Crippen LogP contribution in [0.4, 0.5) is 0 Å². The highest BCUT2D eigenvalue weighted by Crippen LogP contribution is 2.36. The van der Waals surface area contributed by atoms with Crippen LogP contribution in [-0.4, -0.2) is 4.98 Å². The van der Waals surface area contributed by atoms with Gasteiger partial charge in [0.25, 0.3) is 0 Å². The summed E-state index contributed by atoms with van der Waals surface area (Å²) in [5, 5.41) is 3.34. The molecule has 1 nitrogen and oxygen atoms in total. The molecule has 1 fully saturated rings. The van der Waals surface area contributed by atoms with E-state index in [9.17, 15) is 0 Å². The van der Waals surface area contributed by atoms with E-state index < -0.39 is 0 Å². The number of aromatic nitrogens is 1. The molecule has 0 bridgehead atoms. The largest absolute Gasteiger partial charge is 0.241 e. The molecule has 0 atom stereocenters. The van der Waals surface area contributed by atoms with Gasteiger partial charge in [-0.2, -0.15) is 0 Å². The van der Waals surface area contributed by atoms with E-state index in [1.165, 1.54) is 30.5 Å². The predicted molar refractivity (Wildman–Crippen MR) is 74.1 cm³/mol. The Kier molecular flexibility index (Phi) is 3.06. The van der Waals surface area contributed by atoms with Crippen molar-refractivity contribution in [2.45, 2.75) is 25.2 Å². The summed E-state index contributed by atoms with van der Waals surface area (Å²) >= 11 is 1.75. The van der Waals surface area contributed by atoms with Crippen molar-refractivity contribution < 1.29 is 0 Å². The molecule has 17 heavy (non-hydrogen) atoms. The van der Waals surface area contributed by atoms with Crippen LogP contribution in [0.25, 0.3) is 12.2 Å². The number of nitrogens with zero attached hydrogens (tertiary/aromatic N) is 1. The van der Waals surface area contributed by atoms with Gasteiger partial charge in [-0.15, -0.1) is 11.3 Å². The molecule has 1 heterocycles. The number of hydrogen-bond acceptors (Lipinski definition) is 2. The molecule has 3 rings (SSSR count). The first-order valence-corrected chi connectivity index (χ1v) is 6.98. The Morgan fingerprint density at radius 1 is 1.12 bits per heavy atom. The molecule has 0 spiro atoms. The Morgan fingerprint density at radius 3 is 2.65 bits per heavy atom. The fourth-order valence-corrected chi connectivity index (χ4v) is 2.79. The fraction of sp³-hybridized carbons (Fsp3) is 0.267. The first-order valence-electron chi connectivity index (χ1n) is 6.10. The van der Waals surface area contributed by atoms with Gasteiger partial charge in [0.2, 0.25) is 0 Å². The fourth-order valence-electron chi connectivity index (χ4n) is 2.00. The Hall–Kier alpha value is -1.41. The SMILES string of the molecule is C(=C\c1nc(C2CCC2)cs1)/c1ccccc1. The molecule has 2 aromatic rings. The Bertz CT molecular complexity index is 509. The number of benzene rings is 1. The molecule has 1 saturated carbocycles. The predicted octanol–water partition coefficient (Wildman–Crippen LogP) is 4.58. The average Bonchev–Trinajstić information content (AvgIpc) is 2.74. The van der Waals surface area contributed by atoms with Crippen molar-refractivity contribution >= 4 is 23.5 Å². The van der Waals surface area contributed by atoms with Gasteiger partial charge >= 0.3 is 0 Å². The molecule has 1 aliphatic rings. The van der Waals surface area contributed by atoms with Crippen molar-refractivity contribution in [2.75, 3.05) is 0 Å². The van der Waals surface area contributed by atoms with Gasteiger partial charge in [0.15, 0.2) is 0 Å². The zero-order valence-corrected chi connectivity index (χ0v) is 10.5. The zero-order valence-electron chi connectivity index (χ0n) is 9.67. The molecule has 0 unspecified atom stereocenters. The van der Waals surface area contributed by atoms with Crippen LogP contribution in [-0.2, 0) is 0 Å². The summed E-state index contributed by atoms with van der Waals surface area (Å²) in [6.45, 7) is 0. The molecule has 0 N–H and O–H groups in total. The average molecular weight is 241 g/mol. The molecule has 0 saturated heterocycles. The van der Waals surface area contributed by atoms with Crippen LogP contribution in [0.15, 0.2) is 35.7 Å². The van der Waals surface area contributed by atoms with E-state index in [0.717, 1.165) is 10.9 Å². The van der Waals surface area contributed by atoms with E-state index in [0.29, 0.717) is 0 Å². The van der Waals surface area contributed by atoms with Crippen LogP contribution < -0.4 is 0 Å². The quantitative estimate of drug-likeness (QED) is 0.766. The van der Waals surface area contributed by atoms with Crippen LogP contribution in [0, 0.1) is 0 Å². The summed E-state index contributed by atoms with van der Waals surface area (Å²) in [4.78, 5) is 4.68. The minimum atomic E-state index is 0.741. The normalized spacial score (nSPS) is 16.2. The summed E-state index contributed by atoms with van der Waals surface area (Å²) in [6.07, 6.45) is 8.26. The third-order valence-electron chi connectivity index (χ3n) is 3.28. The Labute approximate surface area is 106 Å². The lowest BCUT2D eigenvalue weighted by molar-refractivity contribution is 0.412. The lowest BCUT2D eigenvalue weighted by Crippen LogP contribution is -2.08.